The number of aliphatic imine (C=N–C) groups is 1. The summed E-state index contributed by atoms with van der Waals surface area (Å²) >= 11 is 0. The van der Waals surface area contributed by atoms with E-state index >= 15 is 0 Å². The first-order chi connectivity index (χ1) is 6.79. The standard InChI is InChI=1S/C10H16N2O2/c13-10(14)8(7-3-1-2-4-7)9-11-5-6-12-9/h7-8H,1-6H2,(H,11,12)(H,13,14). The van der Waals surface area contributed by atoms with Gasteiger partial charge >= 0.3 is 5.97 Å². The van der Waals surface area contributed by atoms with Crippen LogP contribution >= 0.6 is 0 Å². The average Bonchev–Trinajstić information content (AvgIpc) is 2.75. The summed E-state index contributed by atoms with van der Waals surface area (Å²) in [5.74, 6) is -0.0775. The predicted molar refractivity (Wildman–Crippen MR) is 53.4 cm³/mol. The molecule has 0 spiro atoms. The maximum Gasteiger partial charge on any atom is 0.314 e. The van der Waals surface area contributed by atoms with Gasteiger partial charge in [-0.25, -0.2) is 0 Å². The van der Waals surface area contributed by atoms with Crippen molar-refractivity contribution in [3.8, 4) is 0 Å². The molecule has 2 rings (SSSR count). The summed E-state index contributed by atoms with van der Waals surface area (Å²) in [6, 6.07) is 0. The van der Waals surface area contributed by atoms with Crippen LogP contribution in [-0.2, 0) is 4.79 Å². The van der Waals surface area contributed by atoms with Gasteiger partial charge in [0.25, 0.3) is 0 Å². The van der Waals surface area contributed by atoms with Gasteiger partial charge in [0, 0.05) is 6.54 Å². The molecule has 0 aromatic heterocycles. The first-order valence-electron chi connectivity index (χ1n) is 5.30. The third-order valence-corrected chi connectivity index (χ3v) is 3.13. The third kappa shape index (κ3) is 1.74. The SMILES string of the molecule is O=C(O)C(C1=NCCN1)C1CCCC1. The first kappa shape index (κ1) is 9.49. The van der Waals surface area contributed by atoms with Crippen molar-refractivity contribution in [2.24, 2.45) is 16.8 Å². The van der Waals surface area contributed by atoms with E-state index in [1.165, 1.54) is 12.8 Å². The monoisotopic (exact) mass is 196 g/mol. The Labute approximate surface area is 83.4 Å². The van der Waals surface area contributed by atoms with Crippen LogP contribution in [0.5, 0.6) is 0 Å². The molecule has 1 saturated carbocycles. The quantitative estimate of drug-likeness (QED) is 0.704. The van der Waals surface area contributed by atoms with Gasteiger partial charge in [-0.2, -0.15) is 0 Å². The fourth-order valence-electron chi connectivity index (χ4n) is 2.46. The summed E-state index contributed by atoms with van der Waals surface area (Å²) in [5, 5.41) is 12.3. The average molecular weight is 196 g/mol. The second kappa shape index (κ2) is 3.98. The topological polar surface area (TPSA) is 61.7 Å². The minimum atomic E-state index is -0.718. The highest BCUT2D eigenvalue weighted by molar-refractivity contribution is 6.01. The number of nitrogens with zero attached hydrogens (tertiary/aromatic N) is 1. The lowest BCUT2D eigenvalue weighted by Crippen LogP contribution is -2.36. The molecular formula is C10H16N2O2. The number of carbonyl (C=O) groups is 1. The van der Waals surface area contributed by atoms with E-state index in [0.717, 1.165) is 25.9 Å². The van der Waals surface area contributed by atoms with E-state index in [4.69, 9.17) is 0 Å². The van der Waals surface area contributed by atoms with Crippen molar-refractivity contribution >= 4 is 11.8 Å². The van der Waals surface area contributed by atoms with Crippen molar-refractivity contribution in [3.05, 3.63) is 0 Å². The molecule has 0 aromatic carbocycles. The van der Waals surface area contributed by atoms with Gasteiger partial charge in [-0.15, -0.1) is 0 Å². The molecule has 78 valence electrons. The number of aliphatic carboxylic acids is 1. The van der Waals surface area contributed by atoms with E-state index in [9.17, 15) is 9.90 Å². The predicted octanol–water partition coefficient (Wildman–Crippen LogP) is 0.879. The molecule has 2 N–H and O–H groups in total. The summed E-state index contributed by atoms with van der Waals surface area (Å²) < 4.78 is 0. The molecule has 1 unspecified atom stereocenters. The van der Waals surface area contributed by atoms with Crippen LogP contribution < -0.4 is 5.32 Å². The number of carboxylic acids is 1. The van der Waals surface area contributed by atoms with Crippen molar-refractivity contribution in [3.63, 3.8) is 0 Å². The van der Waals surface area contributed by atoms with Crippen molar-refractivity contribution in [2.75, 3.05) is 13.1 Å². The molecule has 1 atom stereocenters. The smallest absolute Gasteiger partial charge is 0.314 e. The largest absolute Gasteiger partial charge is 0.481 e. The van der Waals surface area contributed by atoms with Gasteiger partial charge in [0.1, 0.15) is 11.8 Å². The Morgan fingerprint density at radius 1 is 1.50 bits per heavy atom. The van der Waals surface area contributed by atoms with Gasteiger partial charge in [-0.05, 0) is 18.8 Å². The summed E-state index contributed by atoms with van der Waals surface area (Å²) in [5.41, 5.74) is 0. The van der Waals surface area contributed by atoms with Crippen LogP contribution in [0.15, 0.2) is 4.99 Å². The van der Waals surface area contributed by atoms with Gasteiger partial charge in [0.15, 0.2) is 0 Å². The summed E-state index contributed by atoms with van der Waals surface area (Å²) in [6.45, 7) is 1.53. The molecule has 1 aliphatic carbocycles. The zero-order valence-electron chi connectivity index (χ0n) is 8.20. The second-order valence-corrected chi connectivity index (χ2v) is 4.05. The molecule has 0 aromatic rings. The van der Waals surface area contributed by atoms with E-state index in [-0.39, 0.29) is 5.92 Å². The van der Waals surface area contributed by atoms with Crippen molar-refractivity contribution < 1.29 is 9.90 Å². The van der Waals surface area contributed by atoms with Crippen molar-refractivity contribution in [2.45, 2.75) is 25.7 Å². The minimum absolute atomic E-state index is 0.303. The zero-order valence-corrected chi connectivity index (χ0v) is 8.20. The molecule has 0 radical (unpaired) electrons. The Hall–Kier alpha value is -1.06. The van der Waals surface area contributed by atoms with Gasteiger partial charge in [-0.3, -0.25) is 9.79 Å². The molecule has 2 aliphatic rings. The van der Waals surface area contributed by atoms with Crippen LogP contribution in [0.1, 0.15) is 25.7 Å². The van der Waals surface area contributed by atoms with E-state index in [0.29, 0.717) is 11.8 Å². The lowest BCUT2D eigenvalue weighted by molar-refractivity contribution is -0.140. The van der Waals surface area contributed by atoms with E-state index in [1.54, 1.807) is 0 Å². The van der Waals surface area contributed by atoms with Crippen LogP contribution in [0.25, 0.3) is 0 Å². The van der Waals surface area contributed by atoms with Crippen LogP contribution in [-0.4, -0.2) is 30.0 Å². The zero-order chi connectivity index (χ0) is 9.97. The van der Waals surface area contributed by atoms with Crippen LogP contribution in [0.3, 0.4) is 0 Å². The van der Waals surface area contributed by atoms with Gasteiger partial charge in [0.2, 0.25) is 0 Å². The molecule has 14 heavy (non-hydrogen) atoms. The Kier molecular flexibility index (Phi) is 2.70. The molecule has 4 heteroatoms. The Balaban J connectivity index is 2.10. The number of nitrogens with one attached hydrogen (secondary N) is 1. The lowest BCUT2D eigenvalue weighted by Gasteiger charge is -2.19. The highest BCUT2D eigenvalue weighted by Crippen LogP contribution is 2.32. The Morgan fingerprint density at radius 2 is 2.21 bits per heavy atom. The molecule has 4 nitrogen and oxygen atoms in total. The lowest BCUT2D eigenvalue weighted by atomic mass is 9.90. The fourth-order valence-corrected chi connectivity index (χ4v) is 2.46. The highest BCUT2D eigenvalue weighted by Gasteiger charge is 2.35. The number of amidine groups is 1. The van der Waals surface area contributed by atoms with Crippen LogP contribution in [0, 0.1) is 11.8 Å². The molecular weight excluding hydrogens is 180 g/mol. The number of carboxylic acid groups (broad SMARTS) is 1. The van der Waals surface area contributed by atoms with E-state index < -0.39 is 5.97 Å². The summed E-state index contributed by atoms with van der Waals surface area (Å²) in [7, 11) is 0. The van der Waals surface area contributed by atoms with Crippen LogP contribution in [0.2, 0.25) is 0 Å². The van der Waals surface area contributed by atoms with Crippen molar-refractivity contribution in [1.82, 2.24) is 5.32 Å². The Bertz CT molecular complexity index is 257. The molecule has 1 aliphatic heterocycles. The summed E-state index contributed by atoms with van der Waals surface area (Å²) in [6.07, 6.45) is 4.42. The van der Waals surface area contributed by atoms with E-state index in [2.05, 4.69) is 10.3 Å². The van der Waals surface area contributed by atoms with E-state index in [1.807, 2.05) is 0 Å². The first-order valence-corrected chi connectivity index (χ1v) is 5.30. The van der Waals surface area contributed by atoms with Gasteiger partial charge < -0.3 is 10.4 Å². The van der Waals surface area contributed by atoms with Crippen molar-refractivity contribution in [1.29, 1.82) is 0 Å². The Morgan fingerprint density at radius 3 is 2.71 bits per heavy atom. The molecule has 1 heterocycles. The molecule has 0 bridgehead atoms. The maximum atomic E-state index is 11.2. The number of hydrogen-bond acceptors (Lipinski definition) is 3. The van der Waals surface area contributed by atoms with Crippen LogP contribution in [0.4, 0.5) is 0 Å². The molecule has 1 fully saturated rings. The minimum Gasteiger partial charge on any atom is -0.481 e. The van der Waals surface area contributed by atoms with Gasteiger partial charge in [-0.1, -0.05) is 12.8 Å². The number of hydrogen-bond donors (Lipinski definition) is 2. The highest BCUT2D eigenvalue weighted by atomic mass is 16.4. The summed E-state index contributed by atoms with van der Waals surface area (Å²) in [4.78, 5) is 15.4. The molecule has 0 saturated heterocycles. The molecule has 0 amide bonds. The van der Waals surface area contributed by atoms with Gasteiger partial charge in [0.05, 0.1) is 6.54 Å². The number of rotatable bonds is 3. The maximum absolute atomic E-state index is 11.2. The third-order valence-electron chi connectivity index (χ3n) is 3.13. The second-order valence-electron chi connectivity index (χ2n) is 4.05. The fraction of sp³-hybridized carbons (Fsp3) is 0.800. The normalized spacial score (nSPS) is 24.4.